The highest BCUT2D eigenvalue weighted by atomic mass is 32.1. The van der Waals surface area contributed by atoms with Crippen molar-refractivity contribution in [3.05, 3.63) is 46.8 Å². The number of alkyl halides is 3. The lowest BCUT2D eigenvalue weighted by Gasteiger charge is -2.26. The maximum Gasteiger partial charge on any atom is 0.430 e. The Balaban J connectivity index is 0.000000426. The topological polar surface area (TPSA) is 145 Å². The number of hydrogen-bond donors (Lipinski definition) is 2. The number of nitrogens with zero attached hydrogens (tertiary/aromatic N) is 5. The van der Waals surface area contributed by atoms with Crippen LogP contribution in [0.2, 0.25) is 0 Å². The molecule has 0 bridgehead atoms. The molecule has 0 saturated heterocycles. The highest BCUT2D eigenvalue weighted by Gasteiger charge is 2.29. The maximum atomic E-state index is 12.9. The van der Waals surface area contributed by atoms with E-state index in [2.05, 4.69) is 26.2 Å². The number of hydrogen-bond acceptors (Lipinski definition) is 7. The molecule has 0 aromatic carbocycles. The summed E-state index contributed by atoms with van der Waals surface area (Å²) in [6.07, 6.45) is 8.61. The number of fused-ring (bicyclic) bond motifs is 1. The van der Waals surface area contributed by atoms with Gasteiger partial charge >= 0.3 is 6.18 Å². The molecule has 1 fully saturated rings. The molecule has 38 heavy (non-hydrogen) atoms. The molecule has 10 nitrogen and oxygen atoms in total. The van der Waals surface area contributed by atoms with Crippen LogP contribution in [-0.4, -0.2) is 54.5 Å². The van der Waals surface area contributed by atoms with Crippen LogP contribution in [0.3, 0.4) is 0 Å². The molecular weight excluding hydrogens is 523 g/mol. The second-order valence-corrected chi connectivity index (χ2v) is 10.3. The second kappa shape index (κ2) is 10.9. The van der Waals surface area contributed by atoms with Gasteiger partial charge in [-0.25, -0.2) is 9.50 Å². The number of carbonyl (C=O) groups is 2. The van der Waals surface area contributed by atoms with Gasteiger partial charge in [0, 0.05) is 59.2 Å². The van der Waals surface area contributed by atoms with Crippen LogP contribution in [0.5, 0.6) is 0 Å². The molecule has 1 aliphatic carbocycles. The number of thiophene rings is 1. The van der Waals surface area contributed by atoms with Crippen LogP contribution < -0.4 is 16.2 Å². The smallest absolute Gasteiger partial charge is 0.430 e. The average Bonchev–Trinajstić information content (AvgIpc) is 3.58. The SMILES string of the molecule is Cc1sc(C(=O)N[C@@H]2CCCC[C@@H]2[NH3+])cc1-c1cnn2cc(-c3cnn(C)c3)cnc12.O=C([O-])C(F)(F)F. The van der Waals surface area contributed by atoms with Crippen LogP contribution in [0.1, 0.15) is 40.2 Å². The Morgan fingerprint density at radius 3 is 2.42 bits per heavy atom. The summed E-state index contributed by atoms with van der Waals surface area (Å²) < 4.78 is 35.1. The standard InChI is InChI=1S/C22H25N7OS.C2HF3O2/c1-13-16(7-20(31-13)22(30)27-19-6-4-3-5-18(19)23)17-10-26-29-12-14(8-24-21(17)29)15-9-25-28(2)11-15;3-2(4,5)1(6)7/h7-12,18-19H,3-6,23H2,1-2H3,(H,27,30);(H,6,7)/t18-,19+;/m0./s1. The van der Waals surface area contributed by atoms with E-state index in [1.165, 1.54) is 17.8 Å². The molecule has 0 aliphatic heterocycles. The number of rotatable bonds is 4. The largest absolute Gasteiger partial charge is 0.542 e. The van der Waals surface area contributed by atoms with E-state index in [0.717, 1.165) is 56.9 Å². The Labute approximate surface area is 219 Å². The highest BCUT2D eigenvalue weighted by molar-refractivity contribution is 7.14. The third-order valence-electron chi connectivity index (χ3n) is 6.28. The van der Waals surface area contributed by atoms with Gasteiger partial charge < -0.3 is 21.0 Å². The lowest BCUT2D eigenvalue weighted by atomic mass is 9.91. The summed E-state index contributed by atoms with van der Waals surface area (Å²) in [5.74, 6) is -3.02. The van der Waals surface area contributed by atoms with Crippen molar-refractivity contribution in [3.63, 3.8) is 0 Å². The van der Waals surface area contributed by atoms with Gasteiger partial charge in [0.2, 0.25) is 0 Å². The van der Waals surface area contributed by atoms with E-state index in [4.69, 9.17) is 9.90 Å². The minimum Gasteiger partial charge on any atom is -0.542 e. The molecule has 5 rings (SSSR count). The number of quaternary nitrogens is 1. The fourth-order valence-electron chi connectivity index (χ4n) is 4.28. The first-order valence-electron chi connectivity index (χ1n) is 11.8. The molecule has 1 amide bonds. The van der Waals surface area contributed by atoms with Crippen molar-refractivity contribution in [1.29, 1.82) is 0 Å². The first-order valence-corrected chi connectivity index (χ1v) is 12.6. The number of halogens is 3. The predicted molar refractivity (Wildman–Crippen MR) is 131 cm³/mol. The molecule has 4 aromatic rings. The monoisotopic (exact) mass is 549 g/mol. The Bertz CT molecular complexity index is 1460. The van der Waals surface area contributed by atoms with Crippen LogP contribution in [0.15, 0.2) is 37.1 Å². The van der Waals surface area contributed by atoms with Gasteiger partial charge in [0.1, 0.15) is 12.0 Å². The summed E-state index contributed by atoms with van der Waals surface area (Å²) in [5, 5.41) is 20.7. The highest BCUT2D eigenvalue weighted by Crippen LogP contribution is 2.33. The van der Waals surface area contributed by atoms with E-state index in [9.17, 15) is 18.0 Å². The molecule has 4 aromatic heterocycles. The lowest BCUT2D eigenvalue weighted by Crippen LogP contribution is -2.70. The van der Waals surface area contributed by atoms with Gasteiger partial charge in [0.15, 0.2) is 5.65 Å². The minimum atomic E-state index is -5.19. The number of carboxylic acid groups (broad SMARTS) is 1. The lowest BCUT2D eigenvalue weighted by molar-refractivity contribution is -0.430. The average molecular weight is 550 g/mol. The zero-order chi connectivity index (χ0) is 27.6. The van der Waals surface area contributed by atoms with Gasteiger partial charge in [-0.05, 0) is 25.8 Å². The van der Waals surface area contributed by atoms with Crippen molar-refractivity contribution in [2.24, 2.45) is 7.05 Å². The summed E-state index contributed by atoms with van der Waals surface area (Å²) >= 11 is 1.51. The normalized spacial score (nSPS) is 17.6. The zero-order valence-electron chi connectivity index (χ0n) is 20.7. The van der Waals surface area contributed by atoms with Gasteiger partial charge in [-0.2, -0.15) is 23.4 Å². The predicted octanol–water partition coefficient (Wildman–Crippen LogP) is 1.75. The molecule has 14 heteroatoms. The second-order valence-electron chi connectivity index (χ2n) is 9.06. The van der Waals surface area contributed by atoms with Crippen LogP contribution in [-0.2, 0) is 11.8 Å². The number of carboxylic acids is 1. The van der Waals surface area contributed by atoms with E-state index in [-0.39, 0.29) is 18.0 Å². The van der Waals surface area contributed by atoms with Crippen molar-refractivity contribution < 1.29 is 33.6 Å². The van der Waals surface area contributed by atoms with E-state index in [1.54, 1.807) is 9.20 Å². The maximum absolute atomic E-state index is 12.9. The fourth-order valence-corrected chi connectivity index (χ4v) is 5.22. The van der Waals surface area contributed by atoms with Gasteiger partial charge in [0.25, 0.3) is 5.91 Å². The fraction of sp³-hybridized carbons (Fsp3) is 0.375. The van der Waals surface area contributed by atoms with Gasteiger partial charge in [-0.1, -0.05) is 6.42 Å². The minimum absolute atomic E-state index is 0.0109. The molecule has 4 heterocycles. The van der Waals surface area contributed by atoms with Crippen molar-refractivity contribution in [1.82, 2.24) is 29.7 Å². The Kier molecular flexibility index (Phi) is 7.83. The first kappa shape index (κ1) is 27.3. The summed E-state index contributed by atoms with van der Waals surface area (Å²) in [4.78, 5) is 28.1. The van der Waals surface area contributed by atoms with E-state index >= 15 is 0 Å². The van der Waals surface area contributed by atoms with Crippen LogP contribution in [0.25, 0.3) is 27.9 Å². The third-order valence-corrected chi connectivity index (χ3v) is 7.33. The number of aliphatic carboxylic acids is 1. The molecule has 202 valence electrons. The molecular formula is C24H26F3N7O3S. The number of amides is 1. The van der Waals surface area contributed by atoms with E-state index < -0.39 is 12.1 Å². The van der Waals surface area contributed by atoms with E-state index in [0.29, 0.717) is 0 Å². The zero-order valence-corrected chi connectivity index (χ0v) is 21.5. The molecule has 2 atom stereocenters. The van der Waals surface area contributed by atoms with Crippen LogP contribution >= 0.6 is 11.3 Å². The van der Waals surface area contributed by atoms with Crippen molar-refractivity contribution in [2.45, 2.75) is 50.9 Å². The van der Waals surface area contributed by atoms with Crippen LogP contribution in [0, 0.1) is 6.92 Å². The molecule has 0 radical (unpaired) electrons. The molecule has 1 aliphatic rings. The van der Waals surface area contributed by atoms with Gasteiger partial charge in [0.05, 0.1) is 23.3 Å². The first-order chi connectivity index (χ1) is 17.9. The summed E-state index contributed by atoms with van der Waals surface area (Å²) in [5.41, 5.74) is 8.86. The summed E-state index contributed by atoms with van der Waals surface area (Å²) in [7, 11) is 1.89. The third kappa shape index (κ3) is 6.02. The summed E-state index contributed by atoms with van der Waals surface area (Å²) in [6, 6.07) is 2.41. The van der Waals surface area contributed by atoms with Gasteiger partial charge in [-0.15, -0.1) is 11.3 Å². The van der Waals surface area contributed by atoms with Crippen LogP contribution in [0.4, 0.5) is 13.2 Å². The molecule has 4 N–H and O–H groups in total. The van der Waals surface area contributed by atoms with Crippen molar-refractivity contribution >= 4 is 28.9 Å². The Hall–Kier alpha value is -3.78. The number of aromatic nitrogens is 5. The molecule has 0 spiro atoms. The molecule has 0 unspecified atom stereocenters. The van der Waals surface area contributed by atoms with E-state index in [1.807, 2.05) is 51.0 Å². The van der Waals surface area contributed by atoms with Crippen molar-refractivity contribution in [2.75, 3.05) is 0 Å². The van der Waals surface area contributed by atoms with Crippen molar-refractivity contribution in [3.8, 4) is 22.3 Å². The quantitative estimate of drug-likeness (QED) is 0.397. The molecule has 1 saturated carbocycles. The Morgan fingerprint density at radius 1 is 1.11 bits per heavy atom. The number of nitrogens with one attached hydrogen (secondary N) is 1. The summed E-state index contributed by atoms with van der Waals surface area (Å²) in [6.45, 7) is 2.04. The number of aryl methyl sites for hydroxylation is 2. The van der Waals surface area contributed by atoms with Gasteiger partial charge in [-0.3, -0.25) is 9.48 Å². The number of carbonyl (C=O) groups excluding carboxylic acids is 2. The Morgan fingerprint density at radius 2 is 1.79 bits per heavy atom.